The van der Waals surface area contributed by atoms with Gasteiger partial charge < -0.3 is 19.3 Å². The van der Waals surface area contributed by atoms with Crippen LogP contribution in [0, 0.1) is 17.0 Å². The Hall–Kier alpha value is -4.37. The van der Waals surface area contributed by atoms with Crippen molar-refractivity contribution < 1.29 is 85.3 Å². The van der Waals surface area contributed by atoms with Crippen molar-refractivity contribution in [2.75, 3.05) is 32.7 Å². The van der Waals surface area contributed by atoms with E-state index < -0.39 is 49.1 Å². The summed E-state index contributed by atoms with van der Waals surface area (Å²) in [6.45, 7) is 5.32. The van der Waals surface area contributed by atoms with Crippen molar-refractivity contribution in [1.29, 1.82) is 0 Å². The molecule has 66 heavy (non-hydrogen) atoms. The van der Waals surface area contributed by atoms with Crippen molar-refractivity contribution in [1.82, 2.24) is 14.7 Å². The first kappa shape index (κ1) is 56.0. The summed E-state index contributed by atoms with van der Waals surface area (Å²) in [4.78, 5) is 38.0. The van der Waals surface area contributed by atoms with Crippen molar-refractivity contribution in [3.63, 3.8) is 0 Å². The standard InChI is InChI=1S/C21H25F7N2O2.C13H17F6NO2.C9H9FO.CH4/c1-2-15-12-14(4-5-16(15)22)13-30-9-3-6-19(30)7-10-29(11-8-19)18(31)32-17(20(23,24)25)21(26,27)28;14-12(15,16)9(13(17,18)19)22-10(21)20-7-5-11(6-8-20)3-1-2-4-11;1-2-8-5-7(6-11)3-4-9(8)10;/h4-5,12,17H,2-3,6-11,13H2,1H3;9H,1-8H2;3-6H,2H2,1H3;1H4. The van der Waals surface area contributed by atoms with E-state index in [1.54, 1.807) is 12.1 Å². The minimum absolute atomic E-state index is 0. The van der Waals surface area contributed by atoms with Gasteiger partial charge in [-0.3, -0.25) is 9.69 Å². The van der Waals surface area contributed by atoms with Crippen LogP contribution in [0.15, 0.2) is 36.4 Å². The Kier molecular flexibility index (Phi) is 19.2. The van der Waals surface area contributed by atoms with Gasteiger partial charge in [-0.1, -0.05) is 46.2 Å². The highest BCUT2D eigenvalue weighted by molar-refractivity contribution is 5.75. The van der Waals surface area contributed by atoms with Gasteiger partial charge in [0.25, 0.3) is 12.2 Å². The van der Waals surface area contributed by atoms with Crippen molar-refractivity contribution >= 4 is 18.5 Å². The zero-order valence-corrected chi connectivity index (χ0v) is 35.6. The molecule has 0 radical (unpaired) electrons. The van der Waals surface area contributed by atoms with Crippen LogP contribution in [0.2, 0.25) is 0 Å². The Morgan fingerprint density at radius 2 is 1.03 bits per heavy atom. The number of alkyl halides is 12. The lowest BCUT2D eigenvalue weighted by Gasteiger charge is -2.45. The van der Waals surface area contributed by atoms with Gasteiger partial charge in [-0.25, -0.2) is 18.4 Å². The van der Waals surface area contributed by atoms with Gasteiger partial charge in [0.05, 0.1) is 0 Å². The topological polar surface area (TPSA) is 79.4 Å². The highest BCUT2D eigenvalue weighted by atomic mass is 19.4. The van der Waals surface area contributed by atoms with Crippen LogP contribution >= 0.6 is 0 Å². The Labute approximate surface area is 373 Å². The van der Waals surface area contributed by atoms with Crippen LogP contribution in [-0.4, -0.2) is 108 Å². The lowest BCUT2D eigenvalue weighted by molar-refractivity contribution is -0.309. The Morgan fingerprint density at radius 1 is 0.606 bits per heavy atom. The quantitative estimate of drug-likeness (QED) is 0.203. The number of carbonyl (C=O) groups excluding carboxylic acids is 3. The lowest BCUT2D eigenvalue weighted by atomic mass is 9.77. The Bertz CT molecular complexity index is 1870. The molecule has 2 amide bonds. The minimum atomic E-state index is -5.74. The summed E-state index contributed by atoms with van der Waals surface area (Å²) < 4.78 is 184. The van der Waals surface area contributed by atoms with Gasteiger partial charge in [-0.05, 0) is 117 Å². The van der Waals surface area contributed by atoms with E-state index in [1.165, 1.54) is 18.2 Å². The largest absolute Gasteiger partial charge is 0.434 e. The third-order valence-corrected chi connectivity index (χ3v) is 12.5. The number of hydrogen-bond acceptors (Lipinski definition) is 6. The molecule has 4 aliphatic rings. The number of aldehydes is 1. The van der Waals surface area contributed by atoms with Crippen molar-refractivity contribution in [2.24, 2.45) is 5.41 Å². The first-order valence-corrected chi connectivity index (χ1v) is 21.1. The molecular formula is C44H55F14N3O5. The van der Waals surface area contributed by atoms with Gasteiger partial charge in [-0.15, -0.1) is 0 Å². The average molecular weight is 972 g/mol. The fraction of sp³-hybridized carbons (Fsp3) is 0.659. The number of halogens is 14. The number of amides is 2. The first-order chi connectivity index (χ1) is 30.2. The van der Waals surface area contributed by atoms with E-state index in [0.29, 0.717) is 61.8 Å². The fourth-order valence-electron chi connectivity index (χ4n) is 8.85. The highest BCUT2D eigenvalue weighted by Crippen LogP contribution is 2.47. The van der Waals surface area contributed by atoms with Crippen molar-refractivity contribution in [3.05, 3.63) is 70.3 Å². The van der Waals surface area contributed by atoms with E-state index in [9.17, 15) is 75.8 Å². The van der Waals surface area contributed by atoms with Crippen LogP contribution < -0.4 is 0 Å². The number of carbonyl (C=O) groups is 3. The molecule has 2 aromatic carbocycles. The van der Waals surface area contributed by atoms with E-state index in [-0.39, 0.29) is 56.2 Å². The maximum absolute atomic E-state index is 13.8. The second-order valence-electron chi connectivity index (χ2n) is 16.7. The van der Waals surface area contributed by atoms with Crippen LogP contribution in [0.3, 0.4) is 0 Å². The van der Waals surface area contributed by atoms with E-state index >= 15 is 0 Å². The molecule has 2 aromatic rings. The van der Waals surface area contributed by atoms with Crippen molar-refractivity contribution in [2.45, 2.75) is 147 Å². The average Bonchev–Trinajstić information content (AvgIpc) is 3.85. The molecule has 3 heterocycles. The van der Waals surface area contributed by atoms with Crippen LogP contribution in [-0.2, 0) is 28.9 Å². The molecule has 8 nitrogen and oxygen atoms in total. The minimum Gasteiger partial charge on any atom is -0.426 e. The van der Waals surface area contributed by atoms with Gasteiger partial charge in [0, 0.05) is 43.8 Å². The zero-order chi connectivity index (χ0) is 48.6. The fourth-order valence-corrected chi connectivity index (χ4v) is 8.85. The molecule has 22 heteroatoms. The molecule has 4 fully saturated rings. The number of ether oxygens (including phenoxy) is 2. The summed E-state index contributed by atoms with van der Waals surface area (Å²) in [6, 6.07) is 9.31. The lowest BCUT2D eigenvalue weighted by Crippen LogP contribution is -2.54. The molecule has 3 saturated heterocycles. The Balaban J connectivity index is 0.000000293. The van der Waals surface area contributed by atoms with Gasteiger partial charge in [0.1, 0.15) is 17.9 Å². The molecular weight excluding hydrogens is 916 g/mol. The number of piperidine rings is 2. The third-order valence-electron chi connectivity index (χ3n) is 12.5. The second kappa shape index (κ2) is 22.6. The molecule has 3 aliphatic heterocycles. The number of aryl methyl sites for hydroxylation is 2. The number of rotatable bonds is 7. The maximum atomic E-state index is 13.8. The van der Waals surface area contributed by atoms with Gasteiger partial charge in [-0.2, -0.15) is 52.7 Å². The summed E-state index contributed by atoms with van der Waals surface area (Å²) in [5, 5.41) is 0. The normalized spacial score (nSPS) is 18.6. The monoisotopic (exact) mass is 971 g/mol. The molecule has 1 aliphatic carbocycles. The zero-order valence-electron chi connectivity index (χ0n) is 35.6. The van der Waals surface area contributed by atoms with Gasteiger partial charge in [0.2, 0.25) is 0 Å². The van der Waals surface area contributed by atoms with E-state index in [1.807, 2.05) is 19.9 Å². The smallest absolute Gasteiger partial charge is 0.426 e. The number of likely N-dealkylation sites (tertiary alicyclic amines) is 3. The molecule has 0 atom stereocenters. The summed E-state index contributed by atoms with van der Waals surface area (Å²) >= 11 is 0. The summed E-state index contributed by atoms with van der Waals surface area (Å²) in [5.41, 5.74) is 2.47. The van der Waals surface area contributed by atoms with Crippen LogP contribution in [0.5, 0.6) is 0 Å². The molecule has 2 spiro atoms. The molecule has 6 rings (SSSR count). The Morgan fingerprint density at radius 3 is 1.45 bits per heavy atom. The number of hydrogen-bond donors (Lipinski definition) is 0. The maximum Gasteiger partial charge on any atom is 0.434 e. The van der Waals surface area contributed by atoms with Crippen LogP contribution in [0.1, 0.15) is 113 Å². The number of benzene rings is 2. The molecule has 0 unspecified atom stereocenters. The van der Waals surface area contributed by atoms with Crippen LogP contribution in [0.25, 0.3) is 0 Å². The molecule has 0 aromatic heterocycles. The summed E-state index contributed by atoms with van der Waals surface area (Å²) in [5.74, 6) is -0.506. The van der Waals surface area contributed by atoms with Crippen molar-refractivity contribution in [3.8, 4) is 0 Å². The molecule has 0 bridgehead atoms. The van der Waals surface area contributed by atoms with E-state index in [0.717, 1.165) is 66.7 Å². The molecule has 0 N–H and O–H groups in total. The van der Waals surface area contributed by atoms with Crippen LogP contribution in [0.4, 0.5) is 71.1 Å². The van der Waals surface area contributed by atoms with E-state index in [4.69, 9.17) is 0 Å². The molecule has 1 saturated carbocycles. The van der Waals surface area contributed by atoms with Gasteiger partial charge >= 0.3 is 36.9 Å². The van der Waals surface area contributed by atoms with E-state index in [2.05, 4.69) is 14.4 Å². The first-order valence-electron chi connectivity index (χ1n) is 21.1. The summed E-state index contributed by atoms with van der Waals surface area (Å²) in [7, 11) is 0. The SMILES string of the molecule is C.CCc1cc(C=O)ccc1F.CCc1cc(CN2CCCC23CCN(C(=O)OC(C(F)(F)F)C(F)(F)F)CC3)ccc1F.O=C(OC(C(F)(F)F)C(F)(F)F)N1CCC2(CCCC2)CC1. The third kappa shape index (κ3) is 14.8. The van der Waals surface area contributed by atoms with Gasteiger partial charge in [0.15, 0.2) is 0 Å². The predicted octanol–water partition coefficient (Wildman–Crippen LogP) is 12.6. The molecule has 374 valence electrons. The second-order valence-corrected chi connectivity index (χ2v) is 16.7. The summed E-state index contributed by atoms with van der Waals surface area (Å²) in [6.07, 6.45) is -24.4. The highest BCUT2D eigenvalue weighted by Gasteiger charge is 2.61. The predicted molar refractivity (Wildman–Crippen MR) is 213 cm³/mol. The number of nitrogens with zero attached hydrogens (tertiary/aromatic N) is 3.